The largest absolute Gasteiger partial charge is 0.492 e. The normalized spacial score (nSPS) is 10.4. The predicted molar refractivity (Wildman–Crippen MR) is 122 cm³/mol. The Morgan fingerprint density at radius 2 is 1.86 bits per heavy atom. The molecule has 0 saturated heterocycles. The van der Waals surface area contributed by atoms with Crippen LogP contribution in [-0.4, -0.2) is 17.6 Å². The van der Waals surface area contributed by atoms with E-state index >= 15 is 0 Å². The number of hydrogen-bond acceptors (Lipinski definition) is 3. The molecule has 1 amide bonds. The third kappa shape index (κ3) is 7.60. The number of benzene rings is 2. The van der Waals surface area contributed by atoms with Crippen molar-refractivity contribution in [3.05, 3.63) is 63.6 Å². The van der Waals surface area contributed by atoms with Crippen molar-refractivity contribution in [2.75, 3.05) is 6.61 Å². The lowest BCUT2D eigenvalue weighted by atomic mass is 10.1. The first-order valence-electron chi connectivity index (χ1n) is 9.56. The van der Waals surface area contributed by atoms with Crippen LogP contribution in [0.4, 0.5) is 0 Å². The smallest absolute Gasteiger partial charge is 0.257 e. The highest BCUT2D eigenvalue weighted by atomic mass is 79.9. The summed E-state index contributed by atoms with van der Waals surface area (Å²) in [7, 11) is 0. The number of carbonyl (C=O) groups excluding carboxylic acids is 1. The second-order valence-electron chi connectivity index (χ2n) is 6.68. The molecule has 0 aromatic heterocycles. The van der Waals surface area contributed by atoms with E-state index in [2.05, 4.69) is 33.5 Å². The van der Waals surface area contributed by atoms with E-state index in [4.69, 9.17) is 17.0 Å². The third-order valence-electron chi connectivity index (χ3n) is 4.25. The summed E-state index contributed by atoms with van der Waals surface area (Å²) in [6.07, 6.45) is 4.63. The maximum Gasteiger partial charge on any atom is 0.257 e. The molecule has 0 bridgehead atoms. The second kappa shape index (κ2) is 11.8. The lowest BCUT2D eigenvalue weighted by Crippen LogP contribution is -2.38. The van der Waals surface area contributed by atoms with Gasteiger partial charge >= 0.3 is 0 Å². The van der Waals surface area contributed by atoms with Crippen LogP contribution in [0.3, 0.4) is 0 Å². The molecule has 0 aliphatic heterocycles. The summed E-state index contributed by atoms with van der Waals surface area (Å²) in [5.74, 6) is 0.490. The second-order valence-corrected chi connectivity index (χ2v) is 7.94. The average Bonchev–Trinajstić information content (AvgIpc) is 2.68. The van der Waals surface area contributed by atoms with Gasteiger partial charge in [0.25, 0.3) is 5.91 Å². The minimum Gasteiger partial charge on any atom is -0.492 e. The molecule has 150 valence electrons. The summed E-state index contributed by atoms with van der Waals surface area (Å²) in [6.45, 7) is 5.47. The Balaban J connectivity index is 1.81. The number of carbonyl (C=O) groups is 1. The summed E-state index contributed by atoms with van der Waals surface area (Å²) >= 11 is 8.70. The number of unbranched alkanes of at least 4 members (excludes halogenated alkanes) is 3. The summed E-state index contributed by atoms with van der Waals surface area (Å²) < 4.78 is 6.54. The van der Waals surface area contributed by atoms with Crippen LogP contribution < -0.4 is 15.4 Å². The molecule has 28 heavy (non-hydrogen) atoms. The zero-order chi connectivity index (χ0) is 20.4. The standard InChI is InChI=1S/C22H27BrN2O2S/c1-3-4-5-6-13-27-20-12-11-18(14-19(20)23)21(26)25-22(28)24-15-17-9-7-16(2)8-10-17/h7-12,14H,3-6,13,15H2,1-2H3,(H2,24,25,26,28). The first-order chi connectivity index (χ1) is 13.5. The molecule has 0 aliphatic rings. The molecule has 6 heteroatoms. The number of thiocarbonyl (C=S) groups is 1. The fourth-order valence-electron chi connectivity index (χ4n) is 2.58. The highest BCUT2D eigenvalue weighted by Gasteiger charge is 2.11. The molecule has 0 radical (unpaired) electrons. The Kier molecular flexibility index (Phi) is 9.44. The number of rotatable bonds is 9. The molecule has 2 N–H and O–H groups in total. The Hall–Kier alpha value is -1.92. The minimum atomic E-state index is -0.253. The van der Waals surface area contributed by atoms with Crippen LogP contribution in [0.5, 0.6) is 5.75 Å². The quantitative estimate of drug-likeness (QED) is 0.380. The monoisotopic (exact) mass is 462 g/mol. The van der Waals surface area contributed by atoms with E-state index in [0.717, 1.165) is 22.2 Å². The van der Waals surface area contributed by atoms with E-state index in [1.54, 1.807) is 12.1 Å². The highest BCUT2D eigenvalue weighted by Crippen LogP contribution is 2.26. The van der Waals surface area contributed by atoms with Crippen molar-refractivity contribution in [1.29, 1.82) is 0 Å². The van der Waals surface area contributed by atoms with E-state index in [0.29, 0.717) is 23.8 Å². The third-order valence-corrected chi connectivity index (χ3v) is 5.12. The summed E-state index contributed by atoms with van der Waals surface area (Å²) in [6, 6.07) is 13.5. The lowest BCUT2D eigenvalue weighted by molar-refractivity contribution is 0.0976. The number of amides is 1. The van der Waals surface area contributed by atoms with Gasteiger partial charge in [0.15, 0.2) is 5.11 Å². The number of ether oxygens (including phenoxy) is 1. The van der Waals surface area contributed by atoms with Crippen molar-refractivity contribution >= 4 is 39.2 Å². The number of hydrogen-bond donors (Lipinski definition) is 2. The van der Waals surface area contributed by atoms with Crippen molar-refractivity contribution in [3.8, 4) is 5.75 Å². The van der Waals surface area contributed by atoms with Crippen molar-refractivity contribution in [2.24, 2.45) is 0 Å². The molecule has 4 nitrogen and oxygen atoms in total. The first kappa shape index (κ1) is 22.4. The molecule has 0 aliphatic carbocycles. The molecule has 2 aromatic rings. The van der Waals surface area contributed by atoms with Gasteiger partial charge in [-0.2, -0.15) is 0 Å². The van der Waals surface area contributed by atoms with Gasteiger partial charge in [-0.3, -0.25) is 10.1 Å². The van der Waals surface area contributed by atoms with E-state index in [9.17, 15) is 4.79 Å². The number of aryl methyl sites for hydroxylation is 1. The average molecular weight is 463 g/mol. The number of nitrogens with one attached hydrogen (secondary N) is 2. The van der Waals surface area contributed by atoms with E-state index < -0.39 is 0 Å². The van der Waals surface area contributed by atoms with Crippen LogP contribution in [-0.2, 0) is 6.54 Å². The molecule has 0 spiro atoms. The van der Waals surface area contributed by atoms with E-state index in [-0.39, 0.29) is 5.91 Å². The zero-order valence-electron chi connectivity index (χ0n) is 16.4. The van der Waals surface area contributed by atoms with Gasteiger partial charge in [0, 0.05) is 12.1 Å². The van der Waals surface area contributed by atoms with Crippen molar-refractivity contribution in [2.45, 2.75) is 46.1 Å². The lowest BCUT2D eigenvalue weighted by Gasteiger charge is -2.12. The van der Waals surface area contributed by atoms with Gasteiger partial charge in [-0.15, -0.1) is 0 Å². The maximum atomic E-state index is 12.4. The van der Waals surface area contributed by atoms with Crippen LogP contribution in [0, 0.1) is 6.92 Å². The molecule has 0 heterocycles. The molecule has 2 rings (SSSR count). The predicted octanol–water partition coefficient (Wildman–Crippen LogP) is 5.52. The number of halogens is 1. The molecular formula is C22H27BrN2O2S. The van der Waals surface area contributed by atoms with Gasteiger partial charge in [0.2, 0.25) is 0 Å². The van der Waals surface area contributed by atoms with Crippen LogP contribution in [0.25, 0.3) is 0 Å². The van der Waals surface area contributed by atoms with Gasteiger partial charge < -0.3 is 10.1 Å². The summed E-state index contributed by atoms with van der Waals surface area (Å²) in [4.78, 5) is 12.4. The topological polar surface area (TPSA) is 50.4 Å². The Labute approximate surface area is 181 Å². The minimum absolute atomic E-state index is 0.253. The van der Waals surface area contributed by atoms with Crippen LogP contribution >= 0.6 is 28.1 Å². The molecule has 0 saturated carbocycles. The SMILES string of the molecule is CCCCCCOc1ccc(C(=O)NC(=S)NCc2ccc(C)cc2)cc1Br. The van der Waals surface area contributed by atoms with Gasteiger partial charge in [0.05, 0.1) is 11.1 Å². The van der Waals surface area contributed by atoms with E-state index in [1.165, 1.54) is 24.8 Å². The van der Waals surface area contributed by atoms with Crippen molar-refractivity contribution < 1.29 is 9.53 Å². The maximum absolute atomic E-state index is 12.4. The van der Waals surface area contributed by atoms with Crippen LogP contribution in [0.1, 0.15) is 54.1 Å². The Bertz CT molecular complexity index is 794. The van der Waals surface area contributed by atoms with Gasteiger partial charge in [-0.25, -0.2) is 0 Å². The van der Waals surface area contributed by atoms with Crippen LogP contribution in [0.15, 0.2) is 46.9 Å². The van der Waals surface area contributed by atoms with Crippen LogP contribution in [0.2, 0.25) is 0 Å². The fraction of sp³-hybridized carbons (Fsp3) is 0.364. The van der Waals surface area contributed by atoms with Gasteiger partial charge in [0.1, 0.15) is 5.75 Å². The zero-order valence-corrected chi connectivity index (χ0v) is 18.8. The van der Waals surface area contributed by atoms with Gasteiger partial charge in [-0.1, -0.05) is 56.0 Å². The highest BCUT2D eigenvalue weighted by molar-refractivity contribution is 9.10. The van der Waals surface area contributed by atoms with Gasteiger partial charge in [-0.05, 0) is 65.3 Å². The van der Waals surface area contributed by atoms with E-state index in [1.807, 2.05) is 37.3 Å². The molecular weight excluding hydrogens is 436 g/mol. The Morgan fingerprint density at radius 3 is 2.54 bits per heavy atom. The Morgan fingerprint density at radius 1 is 1.11 bits per heavy atom. The molecule has 0 unspecified atom stereocenters. The van der Waals surface area contributed by atoms with Crippen molar-refractivity contribution in [3.63, 3.8) is 0 Å². The first-order valence-corrected chi connectivity index (χ1v) is 10.8. The molecule has 0 atom stereocenters. The molecule has 0 fully saturated rings. The summed E-state index contributed by atoms with van der Waals surface area (Å²) in [5.41, 5.74) is 2.83. The van der Waals surface area contributed by atoms with Crippen molar-refractivity contribution in [1.82, 2.24) is 10.6 Å². The molecule has 2 aromatic carbocycles. The fourth-order valence-corrected chi connectivity index (χ4v) is 3.24. The summed E-state index contributed by atoms with van der Waals surface area (Å²) in [5, 5.41) is 6.07.